The maximum Gasteiger partial charge on any atom is 0.272 e. The number of carbonyl (C=O) groups is 1. The van der Waals surface area contributed by atoms with Crippen LogP contribution in [0.3, 0.4) is 0 Å². The molecule has 28 heavy (non-hydrogen) atoms. The molecule has 1 aromatic carbocycles. The normalized spacial score (nSPS) is 15.2. The molecule has 6 nitrogen and oxygen atoms in total. The molecule has 4 rings (SSSR count). The summed E-state index contributed by atoms with van der Waals surface area (Å²) in [6.45, 7) is 1.93. The highest BCUT2D eigenvalue weighted by Gasteiger charge is 2.24. The molecule has 0 saturated heterocycles. The molecule has 1 aliphatic carbocycles. The van der Waals surface area contributed by atoms with Crippen LogP contribution in [-0.4, -0.2) is 30.0 Å². The molecule has 0 radical (unpaired) electrons. The summed E-state index contributed by atoms with van der Waals surface area (Å²) < 4.78 is 25.5. The van der Waals surface area contributed by atoms with Gasteiger partial charge in [0.1, 0.15) is 0 Å². The lowest BCUT2D eigenvalue weighted by atomic mass is 9.89. The largest absolute Gasteiger partial charge is 0.344 e. The summed E-state index contributed by atoms with van der Waals surface area (Å²) in [4.78, 5) is 17.0. The van der Waals surface area contributed by atoms with E-state index in [2.05, 4.69) is 28.5 Å². The van der Waals surface area contributed by atoms with Crippen molar-refractivity contribution in [2.75, 3.05) is 6.26 Å². The summed E-state index contributed by atoms with van der Waals surface area (Å²) >= 11 is 0. The Kier molecular flexibility index (Phi) is 4.71. The zero-order valence-electron chi connectivity index (χ0n) is 16.0. The monoisotopic (exact) mass is 397 g/mol. The van der Waals surface area contributed by atoms with Crippen molar-refractivity contribution in [2.45, 2.75) is 43.8 Å². The first-order chi connectivity index (χ1) is 13.3. The van der Waals surface area contributed by atoms with Crippen LogP contribution in [0, 0.1) is 0 Å². The molecule has 1 atom stereocenters. The van der Waals surface area contributed by atoms with Crippen LogP contribution in [0.1, 0.15) is 53.0 Å². The molecular weight excluding hydrogens is 374 g/mol. The van der Waals surface area contributed by atoms with Gasteiger partial charge in [-0.3, -0.25) is 9.20 Å². The van der Waals surface area contributed by atoms with Crippen molar-refractivity contribution in [1.29, 1.82) is 0 Å². The highest BCUT2D eigenvalue weighted by Crippen LogP contribution is 2.25. The number of imidazole rings is 1. The van der Waals surface area contributed by atoms with Gasteiger partial charge < -0.3 is 5.32 Å². The average molecular weight is 398 g/mol. The van der Waals surface area contributed by atoms with Gasteiger partial charge in [0, 0.05) is 12.5 Å². The number of carbonyl (C=O) groups excluding carboxylic acids is 1. The van der Waals surface area contributed by atoms with Crippen molar-refractivity contribution in [3.8, 4) is 0 Å². The minimum Gasteiger partial charge on any atom is -0.344 e. The van der Waals surface area contributed by atoms with E-state index in [0.29, 0.717) is 5.52 Å². The molecule has 2 aromatic heterocycles. The first kappa shape index (κ1) is 18.7. The summed E-state index contributed by atoms with van der Waals surface area (Å²) in [5.41, 5.74) is 4.38. The summed E-state index contributed by atoms with van der Waals surface area (Å²) in [6.07, 6.45) is 7.31. The number of sulfone groups is 1. The number of benzene rings is 1. The molecule has 0 saturated carbocycles. The van der Waals surface area contributed by atoms with Gasteiger partial charge in [-0.1, -0.05) is 24.3 Å². The fourth-order valence-electron chi connectivity index (χ4n) is 3.81. The molecule has 0 fully saturated rings. The molecule has 3 aromatic rings. The Morgan fingerprint density at radius 1 is 1.14 bits per heavy atom. The van der Waals surface area contributed by atoms with E-state index < -0.39 is 9.84 Å². The fraction of sp³-hybridized carbons (Fsp3) is 0.333. The number of rotatable bonds is 4. The highest BCUT2D eigenvalue weighted by atomic mass is 32.2. The van der Waals surface area contributed by atoms with Crippen LogP contribution in [0.4, 0.5) is 0 Å². The topological polar surface area (TPSA) is 80.5 Å². The Labute approximate surface area is 164 Å². The van der Waals surface area contributed by atoms with Gasteiger partial charge in [0.2, 0.25) is 15.0 Å². The van der Waals surface area contributed by atoms with Crippen LogP contribution in [0.2, 0.25) is 0 Å². The molecule has 146 valence electrons. The summed E-state index contributed by atoms with van der Waals surface area (Å²) in [5, 5.41) is 2.84. The standard InChI is InChI=1S/C21H23N3O3S/c1-14(16-11-10-15-7-3-4-8-17(15)13-16)22-20(25)19-18-9-5-6-12-24(18)21(23-19)28(2,26)27/h5-6,9-14H,3-4,7-8H2,1-2H3,(H,22,25). The van der Waals surface area contributed by atoms with Crippen molar-refractivity contribution in [3.63, 3.8) is 0 Å². The number of aromatic nitrogens is 2. The Morgan fingerprint density at radius 2 is 1.89 bits per heavy atom. The van der Waals surface area contributed by atoms with Crippen LogP contribution in [0.25, 0.3) is 5.52 Å². The van der Waals surface area contributed by atoms with Gasteiger partial charge in [-0.15, -0.1) is 0 Å². The highest BCUT2D eigenvalue weighted by molar-refractivity contribution is 7.90. The zero-order valence-corrected chi connectivity index (χ0v) is 16.8. The third-order valence-electron chi connectivity index (χ3n) is 5.28. The van der Waals surface area contributed by atoms with Crippen LogP contribution in [0.15, 0.2) is 47.8 Å². The third-order valence-corrected chi connectivity index (χ3v) is 6.23. The van der Waals surface area contributed by atoms with E-state index in [9.17, 15) is 13.2 Å². The van der Waals surface area contributed by atoms with E-state index in [1.165, 1.54) is 28.4 Å². The Hall–Kier alpha value is -2.67. The van der Waals surface area contributed by atoms with Crippen LogP contribution in [0.5, 0.6) is 0 Å². The first-order valence-corrected chi connectivity index (χ1v) is 11.3. The number of fused-ring (bicyclic) bond motifs is 2. The van der Waals surface area contributed by atoms with Crippen LogP contribution >= 0.6 is 0 Å². The van der Waals surface area contributed by atoms with E-state index in [0.717, 1.165) is 24.7 Å². The Bertz CT molecular complexity index is 1160. The number of amides is 1. The quantitative estimate of drug-likeness (QED) is 0.734. The second kappa shape index (κ2) is 7.05. The van der Waals surface area contributed by atoms with Crippen LogP contribution in [-0.2, 0) is 22.7 Å². The lowest BCUT2D eigenvalue weighted by Gasteiger charge is -2.19. The number of hydrogen-bond acceptors (Lipinski definition) is 4. The fourth-order valence-corrected chi connectivity index (χ4v) is 4.58. The predicted molar refractivity (Wildman–Crippen MR) is 107 cm³/mol. The number of nitrogens with one attached hydrogen (secondary N) is 1. The molecule has 1 unspecified atom stereocenters. The van der Waals surface area contributed by atoms with Crippen LogP contribution < -0.4 is 5.32 Å². The molecule has 0 spiro atoms. The number of pyridine rings is 1. The first-order valence-electron chi connectivity index (χ1n) is 9.44. The molecule has 0 bridgehead atoms. The number of hydrogen-bond donors (Lipinski definition) is 1. The van der Waals surface area contributed by atoms with E-state index in [1.54, 1.807) is 24.4 Å². The summed E-state index contributed by atoms with van der Waals surface area (Å²) in [5.74, 6) is -0.385. The van der Waals surface area contributed by atoms with Gasteiger partial charge in [0.05, 0.1) is 11.6 Å². The lowest BCUT2D eigenvalue weighted by Crippen LogP contribution is -2.27. The maximum absolute atomic E-state index is 12.9. The second-order valence-electron chi connectivity index (χ2n) is 7.40. The van der Waals surface area contributed by atoms with Crippen molar-refractivity contribution >= 4 is 21.3 Å². The summed E-state index contributed by atoms with van der Waals surface area (Å²) in [7, 11) is -3.56. The van der Waals surface area contributed by atoms with Gasteiger partial charge >= 0.3 is 0 Å². The van der Waals surface area contributed by atoms with Crippen molar-refractivity contribution < 1.29 is 13.2 Å². The van der Waals surface area contributed by atoms with E-state index in [4.69, 9.17) is 0 Å². The number of nitrogens with zero attached hydrogens (tertiary/aromatic N) is 2. The predicted octanol–water partition coefficient (Wildman–Crippen LogP) is 3.11. The molecule has 1 N–H and O–H groups in total. The molecule has 7 heteroatoms. The minimum absolute atomic E-state index is 0.117. The molecule has 0 aliphatic heterocycles. The van der Waals surface area contributed by atoms with Crippen molar-refractivity contribution in [3.05, 3.63) is 65.0 Å². The second-order valence-corrected chi connectivity index (χ2v) is 9.31. The lowest BCUT2D eigenvalue weighted by molar-refractivity contribution is 0.0936. The molecule has 1 amide bonds. The maximum atomic E-state index is 12.9. The van der Waals surface area contributed by atoms with E-state index in [-0.39, 0.29) is 22.8 Å². The Morgan fingerprint density at radius 3 is 2.64 bits per heavy atom. The van der Waals surface area contributed by atoms with Crippen molar-refractivity contribution in [1.82, 2.24) is 14.7 Å². The minimum atomic E-state index is -3.56. The smallest absolute Gasteiger partial charge is 0.272 e. The molecular formula is C21H23N3O3S. The average Bonchev–Trinajstić information content (AvgIpc) is 3.08. The van der Waals surface area contributed by atoms with Gasteiger partial charge in [-0.2, -0.15) is 0 Å². The molecule has 1 aliphatic rings. The van der Waals surface area contributed by atoms with E-state index >= 15 is 0 Å². The zero-order chi connectivity index (χ0) is 19.9. The van der Waals surface area contributed by atoms with E-state index in [1.807, 2.05) is 6.92 Å². The third kappa shape index (κ3) is 3.42. The van der Waals surface area contributed by atoms with Gasteiger partial charge in [-0.05, 0) is 61.4 Å². The van der Waals surface area contributed by atoms with Gasteiger partial charge in [-0.25, -0.2) is 13.4 Å². The summed E-state index contributed by atoms with van der Waals surface area (Å²) in [6, 6.07) is 11.3. The van der Waals surface area contributed by atoms with Crippen molar-refractivity contribution in [2.24, 2.45) is 0 Å². The number of aryl methyl sites for hydroxylation is 2. The Balaban J connectivity index is 1.64. The van der Waals surface area contributed by atoms with Gasteiger partial charge in [0.25, 0.3) is 5.91 Å². The SMILES string of the molecule is CC(NC(=O)c1nc(S(C)(=O)=O)n2ccccc12)c1ccc2c(c1)CCCC2. The van der Waals surface area contributed by atoms with Gasteiger partial charge in [0.15, 0.2) is 5.69 Å². The molecule has 2 heterocycles.